The highest BCUT2D eigenvalue weighted by Gasteiger charge is 2.19. The van der Waals surface area contributed by atoms with Crippen LogP contribution in [0.15, 0.2) is 17.0 Å². The molecule has 1 rings (SSSR count). The van der Waals surface area contributed by atoms with Gasteiger partial charge in [-0.3, -0.25) is 4.55 Å². The molecule has 0 saturated carbocycles. The maximum atomic E-state index is 10.9. The summed E-state index contributed by atoms with van der Waals surface area (Å²) in [6, 6.07) is 2.14. The smallest absolute Gasteiger partial charge is 0.336 e. The van der Waals surface area contributed by atoms with Gasteiger partial charge in [0.25, 0.3) is 10.1 Å². The molecule has 6 nitrogen and oxygen atoms in total. The molecule has 1 aromatic rings. The number of carboxylic acids is 1. The van der Waals surface area contributed by atoms with Crippen molar-refractivity contribution < 1.29 is 22.9 Å². The predicted octanol–water partition coefficient (Wildman–Crippen LogP) is 0.522. The van der Waals surface area contributed by atoms with E-state index in [4.69, 9.17) is 15.4 Å². The van der Waals surface area contributed by atoms with Crippen molar-refractivity contribution in [2.24, 2.45) is 0 Å². The first-order chi connectivity index (χ1) is 6.73. The second-order valence-corrected chi connectivity index (χ2v) is 4.36. The molecule has 0 unspecified atom stereocenters. The molecule has 0 spiro atoms. The highest BCUT2D eigenvalue weighted by Crippen LogP contribution is 2.22. The standard InChI is InChI=1S/C8H9NO5S/c1-4-6(8(10)11)2-5(9)3-7(4)15(12,13)14/h2-3H,9H2,1H3,(H,10,11)(H,12,13,14). The molecule has 0 aliphatic rings. The molecule has 0 amide bonds. The van der Waals surface area contributed by atoms with E-state index in [1.807, 2.05) is 0 Å². The van der Waals surface area contributed by atoms with Crippen molar-refractivity contribution in [2.75, 3.05) is 5.73 Å². The molecule has 0 radical (unpaired) electrons. The van der Waals surface area contributed by atoms with Gasteiger partial charge in [0, 0.05) is 5.69 Å². The lowest BCUT2D eigenvalue weighted by Gasteiger charge is -2.07. The topological polar surface area (TPSA) is 118 Å². The number of hydrogen-bond donors (Lipinski definition) is 3. The Bertz CT molecular complexity index is 520. The number of anilines is 1. The molecule has 82 valence electrons. The predicted molar refractivity (Wildman–Crippen MR) is 52.4 cm³/mol. The summed E-state index contributed by atoms with van der Waals surface area (Å²) in [5, 5.41) is 8.75. The average molecular weight is 231 g/mol. The summed E-state index contributed by atoms with van der Waals surface area (Å²) < 4.78 is 30.6. The van der Waals surface area contributed by atoms with Gasteiger partial charge in [0.15, 0.2) is 0 Å². The third-order valence-corrected chi connectivity index (χ3v) is 2.87. The zero-order chi connectivity index (χ0) is 11.8. The Morgan fingerprint density at radius 1 is 1.40 bits per heavy atom. The highest BCUT2D eigenvalue weighted by molar-refractivity contribution is 7.85. The fourth-order valence-electron chi connectivity index (χ4n) is 1.20. The number of rotatable bonds is 2. The van der Waals surface area contributed by atoms with Crippen molar-refractivity contribution in [1.82, 2.24) is 0 Å². The lowest BCUT2D eigenvalue weighted by atomic mass is 10.1. The zero-order valence-electron chi connectivity index (χ0n) is 7.76. The quantitative estimate of drug-likeness (QED) is 0.504. The molecule has 15 heavy (non-hydrogen) atoms. The molecule has 0 atom stereocenters. The Balaban J connectivity index is 3.63. The van der Waals surface area contributed by atoms with Gasteiger partial charge in [0.2, 0.25) is 0 Å². The van der Waals surface area contributed by atoms with Crippen LogP contribution in [0.25, 0.3) is 0 Å². The molecule has 4 N–H and O–H groups in total. The molecule has 0 fully saturated rings. The number of carbonyl (C=O) groups is 1. The van der Waals surface area contributed by atoms with Gasteiger partial charge in [-0.25, -0.2) is 4.79 Å². The zero-order valence-corrected chi connectivity index (χ0v) is 8.58. The summed E-state index contributed by atoms with van der Waals surface area (Å²) >= 11 is 0. The molecule has 0 aliphatic heterocycles. The lowest BCUT2D eigenvalue weighted by molar-refractivity contribution is 0.0696. The Morgan fingerprint density at radius 3 is 2.33 bits per heavy atom. The van der Waals surface area contributed by atoms with Gasteiger partial charge in [-0.15, -0.1) is 0 Å². The fourth-order valence-corrected chi connectivity index (χ4v) is 1.98. The molecular formula is C8H9NO5S. The van der Waals surface area contributed by atoms with E-state index in [0.717, 1.165) is 12.1 Å². The van der Waals surface area contributed by atoms with E-state index in [2.05, 4.69) is 0 Å². The Labute approximate surface area is 86.1 Å². The van der Waals surface area contributed by atoms with Gasteiger partial charge in [0.1, 0.15) is 0 Å². The first kappa shape index (κ1) is 11.5. The summed E-state index contributed by atoms with van der Waals surface area (Å²) in [5.74, 6) is -1.30. The van der Waals surface area contributed by atoms with Crippen molar-refractivity contribution >= 4 is 21.8 Å². The van der Waals surface area contributed by atoms with Crippen LogP contribution >= 0.6 is 0 Å². The van der Waals surface area contributed by atoms with Gasteiger partial charge < -0.3 is 10.8 Å². The lowest BCUT2D eigenvalue weighted by Crippen LogP contribution is -2.08. The van der Waals surface area contributed by atoms with Crippen molar-refractivity contribution in [3.8, 4) is 0 Å². The highest BCUT2D eigenvalue weighted by atomic mass is 32.2. The van der Waals surface area contributed by atoms with Crippen LogP contribution in [0.4, 0.5) is 5.69 Å². The van der Waals surface area contributed by atoms with Crippen LogP contribution in [-0.4, -0.2) is 24.0 Å². The van der Waals surface area contributed by atoms with Crippen LogP contribution in [0.1, 0.15) is 15.9 Å². The third kappa shape index (κ3) is 2.25. The molecular weight excluding hydrogens is 222 g/mol. The van der Waals surface area contributed by atoms with Gasteiger partial charge in [-0.1, -0.05) is 0 Å². The maximum Gasteiger partial charge on any atom is 0.336 e. The van der Waals surface area contributed by atoms with Gasteiger partial charge in [-0.05, 0) is 24.6 Å². The Kier molecular flexibility index (Phi) is 2.69. The largest absolute Gasteiger partial charge is 0.478 e. The fraction of sp³-hybridized carbons (Fsp3) is 0.125. The Morgan fingerprint density at radius 2 is 1.93 bits per heavy atom. The molecule has 0 saturated heterocycles. The van der Waals surface area contributed by atoms with Crippen LogP contribution in [0.2, 0.25) is 0 Å². The number of aromatic carboxylic acids is 1. The minimum absolute atomic E-state index is 0.0365. The van der Waals surface area contributed by atoms with Crippen molar-refractivity contribution in [3.63, 3.8) is 0 Å². The number of hydrogen-bond acceptors (Lipinski definition) is 4. The average Bonchev–Trinajstić information content (AvgIpc) is 2.06. The molecule has 7 heteroatoms. The second kappa shape index (κ2) is 3.52. The third-order valence-electron chi connectivity index (χ3n) is 1.89. The summed E-state index contributed by atoms with van der Waals surface area (Å²) in [6.45, 7) is 1.28. The summed E-state index contributed by atoms with van der Waals surface area (Å²) in [5.41, 5.74) is 5.00. The summed E-state index contributed by atoms with van der Waals surface area (Å²) in [4.78, 5) is 10.2. The van der Waals surface area contributed by atoms with E-state index >= 15 is 0 Å². The van der Waals surface area contributed by atoms with Gasteiger partial charge >= 0.3 is 5.97 Å². The Hall–Kier alpha value is -1.60. The molecule has 0 heterocycles. The van der Waals surface area contributed by atoms with Gasteiger partial charge in [-0.2, -0.15) is 8.42 Å². The normalized spacial score (nSPS) is 11.3. The van der Waals surface area contributed by atoms with Crippen LogP contribution in [0, 0.1) is 6.92 Å². The number of benzene rings is 1. The van der Waals surface area contributed by atoms with E-state index < -0.39 is 21.0 Å². The van der Waals surface area contributed by atoms with Crippen LogP contribution < -0.4 is 5.73 Å². The maximum absolute atomic E-state index is 10.9. The van der Waals surface area contributed by atoms with E-state index in [1.165, 1.54) is 6.92 Å². The number of nitrogen functional groups attached to an aromatic ring is 1. The molecule has 0 aromatic heterocycles. The monoisotopic (exact) mass is 231 g/mol. The van der Waals surface area contributed by atoms with E-state index in [9.17, 15) is 13.2 Å². The SMILES string of the molecule is Cc1c(C(=O)O)cc(N)cc1S(=O)(=O)O. The molecule has 1 aromatic carbocycles. The van der Waals surface area contributed by atoms with Crippen molar-refractivity contribution in [1.29, 1.82) is 0 Å². The molecule has 0 bridgehead atoms. The summed E-state index contributed by atoms with van der Waals surface area (Å²) in [6.07, 6.45) is 0. The van der Waals surface area contributed by atoms with Crippen molar-refractivity contribution in [3.05, 3.63) is 23.3 Å². The van der Waals surface area contributed by atoms with E-state index in [1.54, 1.807) is 0 Å². The summed E-state index contributed by atoms with van der Waals surface area (Å²) in [7, 11) is -4.46. The minimum Gasteiger partial charge on any atom is -0.478 e. The number of nitrogens with two attached hydrogens (primary N) is 1. The van der Waals surface area contributed by atoms with Crippen molar-refractivity contribution in [2.45, 2.75) is 11.8 Å². The number of carboxylic acid groups (broad SMARTS) is 1. The second-order valence-electron chi connectivity index (χ2n) is 2.97. The van der Waals surface area contributed by atoms with Crippen LogP contribution in [0.3, 0.4) is 0 Å². The van der Waals surface area contributed by atoms with Gasteiger partial charge in [0.05, 0.1) is 10.5 Å². The minimum atomic E-state index is -4.46. The first-order valence-electron chi connectivity index (χ1n) is 3.84. The first-order valence-corrected chi connectivity index (χ1v) is 5.28. The molecule has 0 aliphatic carbocycles. The van der Waals surface area contributed by atoms with E-state index in [0.29, 0.717) is 0 Å². The van der Waals surface area contributed by atoms with E-state index in [-0.39, 0.29) is 16.8 Å². The van der Waals surface area contributed by atoms with Crippen LogP contribution in [-0.2, 0) is 10.1 Å². The van der Waals surface area contributed by atoms with Crippen LogP contribution in [0.5, 0.6) is 0 Å².